The van der Waals surface area contributed by atoms with E-state index in [1.54, 1.807) is 31.5 Å². The molecule has 1 saturated heterocycles. The molecule has 2 N–H and O–H groups in total. The fourth-order valence-electron chi connectivity index (χ4n) is 3.15. The first-order valence-corrected chi connectivity index (χ1v) is 8.13. The van der Waals surface area contributed by atoms with E-state index in [9.17, 15) is 4.79 Å². The minimum absolute atomic E-state index is 0. The van der Waals surface area contributed by atoms with Crippen molar-refractivity contribution in [1.82, 2.24) is 14.3 Å². The van der Waals surface area contributed by atoms with E-state index >= 15 is 0 Å². The van der Waals surface area contributed by atoms with Gasteiger partial charge in [-0.3, -0.25) is 14.1 Å². The van der Waals surface area contributed by atoms with Crippen LogP contribution >= 0.6 is 24.0 Å². The number of aromatic nitrogens is 2. The zero-order valence-electron chi connectivity index (χ0n) is 13.5. The highest BCUT2D eigenvalue weighted by Crippen LogP contribution is 2.20. The second kappa shape index (κ2) is 8.27. The van der Waals surface area contributed by atoms with Crippen LogP contribution in [-0.4, -0.2) is 46.6 Å². The third-order valence-corrected chi connectivity index (χ3v) is 4.66. The Kier molecular flexibility index (Phi) is 6.60. The maximum atomic E-state index is 12.2. The molecule has 0 aromatic carbocycles. The van der Waals surface area contributed by atoms with Gasteiger partial charge in [-0.05, 0) is 25.0 Å². The van der Waals surface area contributed by atoms with E-state index in [0.717, 1.165) is 25.1 Å². The number of hydrogen-bond donors (Lipinski definition) is 1. The zero-order valence-corrected chi connectivity index (χ0v) is 15.1. The smallest absolute Gasteiger partial charge is 0.258 e. The summed E-state index contributed by atoms with van der Waals surface area (Å²) in [4.78, 5) is 19.1. The first kappa shape index (κ1) is 19.1. The van der Waals surface area contributed by atoms with E-state index in [0.29, 0.717) is 23.8 Å². The molecule has 0 aliphatic carbocycles. The van der Waals surface area contributed by atoms with E-state index in [1.807, 2.05) is 0 Å². The molecule has 2 aromatic rings. The summed E-state index contributed by atoms with van der Waals surface area (Å²) < 4.78 is 6.91. The predicted molar refractivity (Wildman–Crippen MR) is 97.0 cm³/mol. The molecule has 2 aromatic heterocycles. The number of halogens is 2. The predicted octanol–water partition coefficient (Wildman–Crippen LogP) is 1.71. The van der Waals surface area contributed by atoms with Crippen molar-refractivity contribution in [1.29, 1.82) is 0 Å². The van der Waals surface area contributed by atoms with Gasteiger partial charge in [0.15, 0.2) is 0 Å². The number of piperidine rings is 1. The summed E-state index contributed by atoms with van der Waals surface area (Å²) in [6, 6.07) is 5.31. The summed E-state index contributed by atoms with van der Waals surface area (Å²) in [6.45, 7) is 2.08. The van der Waals surface area contributed by atoms with Crippen LogP contribution in [-0.2, 0) is 11.3 Å². The lowest BCUT2D eigenvalue weighted by Crippen LogP contribution is -2.48. The molecular formula is C16H22Cl2N4O2. The molecule has 0 radical (unpaired) electrons. The van der Waals surface area contributed by atoms with Gasteiger partial charge in [0.2, 0.25) is 0 Å². The Bertz CT molecular complexity index is 752. The van der Waals surface area contributed by atoms with Crippen molar-refractivity contribution in [3.05, 3.63) is 45.5 Å². The fourth-order valence-corrected chi connectivity index (χ4v) is 3.31. The molecule has 3 heterocycles. The quantitative estimate of drug-likeness (QED) is 0.884. The standard InChI is InChI=1S/C16H21ClN4O2.ClH/c1-23-14-4-5-20(13(7-14)8-18)10-12-6-16(22)21-9-11(17)2-3-15(21)19-12;/h2-3,6,9,13-14H,4-5,7-8,10,18H2,1H3;1H. The lowest BCUT2D eigenvalue weighted by molar-refractivity contribution is 0.00978. The van der Waals surface area contributed by atoms with Gasteiger partial charge in [-0.15, -0.1) is 12.4 Å². The Morgan fingerprint density at radius 1 is 1.46 bits per heavy atom. The number of likely N-dealkylation sites (tertiary alicyclic amines) is 1. The molecule has 2 atom stereocenters. The second-order valence-electron chi connectivity index (χ2n) is 5.90. The van der Waals surface area contributed by atoms with Crippen LogP contribution in [0.2, 0.25) is 5.02 Å². The molecule has 8 heteroatoms. The van der Waals surface area contributed by atoms with E-state index in [2.05, 4.69) is 9.88 Å². The molecule has 1 aliphatic rings. The third kappa shape index (κ3) is 4.07. The molecular weight excluding hydrogens is 351 g/mol. The first-order chi connectivity index (χ1) is 11.1. The normalized spacial score (nSPS) is 21.6. The third-order valence-electron chi connectivity index (χ3n) is 4.44. The number of nitrogens with zero attached hydrogens (tertiary/aromatic N) is 3. The summed E-state index contributed by atoms with van der Waals surface area (Å²) >= 11 is 5.93. The van der Waals surface area contributed by atoms with Crippen LogP contribution in [0, 0.1) is 0 Å². The Hall–Kier alpha value is -1.18. The molecule has 3 rings (SSSR count). The zero-order chi connectivity index (χ0) is 16.4. The average molecular weight is 373 g/mol. The lowest BCUT2D eigenvalue weighted by Gasteiger charge is -2.38. The van der Waals surface area contributed by atoms with Crippen molar-refractivity contribution in [2.45, 2.75) is 31.5 Å². The molecule has 0 saturated carbocycles. The highest BCUT2D eigenvalue weighted by molar-refractivity contribution is 6.30. The second-order valence-corrected chi connectivity index (χ2v) is 6.34. The van der Waals surface area contributed by atoms with Gasteiger partial charge in [-0.1, -0.05) is 11.6 Å². The van der Waals surface area contributed by atoms with Crippen molar-refractivity contribution < 1.29 is 4.74 Å². The van der Waals surface area contributed by atoms with Crippen molar-refractivity contribution in [2.24, 2.45) is 5.73 Å². The molecule has 1 fully saturated rings. The summed E-state index contributed by atoms with van der Waals surface area (Å²) in [5.41, 5.74) is 7.14. The van der Waals surface area contributed by atoms with Gasteiger partial charge < -0.3 is 10.5 Å². The molecule has 0 spiro atoms. The summed E-state index contributed by atoms with van der Waals surface area (Å²) in [6.07, 6.45) is 3.73. The van der Waals surface area contributed by atoms with Gasteiger partial charge >= 0.3 is 0 Å². The van der Waals surface area contributed by atoms with E-state index in [4.69, 9.17) is 22.1 Å². The molecule has 0 amide bonds. The average Bonchev–Trinajstić information content (AvgIpc) is 2.56. The maximum Gasteiger partial charge on any atom is 0.258 e. The lowest BCUT2D eigenvalue weighted by atomic mass is 9.99. The molecule has 2 unspecified atom stereocenters. The number of fused-ring (bicyclic) bond motifs is 1. The van der Waals surface area contributed by atoms with Gasteiger partial charge in [0.25, 0.3) is 5.56 Å². The SMILES string of the molecule is COC1CCN(Cc2cc(=O)n3cc(Cl)ccc3n2)C(CN)C1.Cl. The van der Waals surface area contributed by atoms with E-state index < -0.39 is 0 Å². The van der Waals surface area contributed by atoms with Crippen LogP contribution in [0.5, 0.6) is 0 Å². The fraction of sp³-hybridized carbons (Fsp3) is 0.500. The van der Waals surface area contributed by atoms with E-state index in [-0.39, 0.29) is 30.1 Å². The number of ether oxygens (including phenoxy) is 1. The van der Waals surface area contributed by atoms with Crippen molar-refractivity contribution in [2.75, 3.05) is 20.2 Å². The van der Waals surface area contributed by atoms with E-state index in [1.165, 1.54) is 4.40 Å². The maximum absolute atomic E-state index is 12.2. The molecule has 132 valence electrons. The van der Waals surface area contributed by atoms with Gasteiger partial charge in [-0.25, -0.2) is 4.98 Å². The molecule has 1 aliphatic heterocycles. The molecule has 24 heavy (non-hydrogen) atoms. The van der Waals surface area contributed by atoms with Crippen LogP contribution in [0.4, 0.5) is 0 Å². The Labute approximate surface area is 152 Å². The highest BCUT2D eigenvalue weighted by Gasteiger charge is 2.27. The van der Waals surface area contributed by atoms with Crippen molar-refractivity contribution in [3.63, 3.8) is 0 Å². The van der Waals surface area contributed by atoms with Crippen molar-refractivity contribution >= 4 is 29.7 Å². The number of pyridine rings is 1. The number of hydrogen-bond acceptors (Lipinski definition) is 5. The van der Waals surface area contributed by atoms with Gasteiger partial charge in [0.05, 0.1) is 16.8 Å². The minimum Gasteiger partial charge on any atom is -0.381 e. The highest BCUT2D eigenvalue weighted by atomic mass is 35.5. The largest absolute Gasteiger partial charge is 0.381 e. The van der Waals surface area contributed by atoms with Crippen LogP contribution in [0.1, 0.15) is 18.5 Å². The first-order valence-electron chi connectivity index (χ1n) is 7.75. The van der Waals surface area contributed by atoms with Crippen LogP contribution in [0.3, 0.4) is 0 Å². The number of nitrogens with two attached hydrogens (primary N) is 1. The van der Waals surface area contributed by atoms with Gasteiger partial charge in [0.1, 0.15) is 5.65 Å². The Morgan fingerprint density at radius 2 is 2.25 bits per heavy atom. The minimum atomic E-state index is -0.122. The number of rotatable bonds is 4. The molecule has 6 nitrogen and oxygen atoms in total. The Balaban J connectivity index is 0.00000208. The summed E-state index contributed by atoms with van der Waals surface area (Å²) in [5, 5.41) is 0.513. The van der Waals surface area contributed by atoms with Gasteiger partial charge in [-0.2, -0.15) is 0 Å². The van der Waals surface area contributed by atoms with Crippen LogP contribution in [0.15, 0.2) is 29.2 Å². The Morgan fingerprint density at radius 3 is 2.96 bits per heavy atom. The van der Waals surface area contributed by atoms with Crippen molar-refractivity contribution in [3.8, 4) is 0 Å². The molecule has 0 bridgehead atoms. The van der Waals surface area contributed by atoms with Crippen LogP contribution in [0.25, 0.3) is 5.65 Å². The topological polar surface area (TPSA) is 72.9 Å². The monoisotopic (exact) mass is 372 g/mol. The number of methoxy groups -OCH3 is 1. The summed E-state index contributed by atoms with van der Waals surface area (Å²) in [5.74, 6) is 0. The van der Waals surface area contributed by atoms with Crippen LogP contribution < -0.4 is 11.3 Å². The van der Waals surface area contributed by atoms with Gasteiger partial charge in [0, 0.05) is 45.0 Å². The summed E-state index contributed by atoms with van der Waals surface area (Å²) in [7, 11) is 1.74.